The number of aromatic nitrogens is 2. The van der Waals surface area contributed by atoms with Gasteiger partial charge in [-0.3, -0.25) is 14.3 Å². The van der Waals surface area contributed by atoms with E-state index >= 15 is 0 Å². The molecule has 5 heteroatoms. The van der Waals surface area contributed by atoms with Crippen LogP contribution in [0.2, 0.25) is 5.15 Å². The first kappa shape index (κ1) is 15.4. The Labute approximate surface area is 124 Å². The SMILES string of the molecule is CCC1CCC(n2c(=O)[nH]c(Cl)c(C(C)C)c2=O)C1C. The smallest absolute Gasteiger partial charge is 0.297 e. The summed E-state index contributed by atoms with van der Waals surface area (Å²) in [5.74, 6) is 0.932. The van der Waals surface area contributed by atoms with E-state index in [1.165, 1.54) is 4.57 Å². The van der Waals surface area contributed by atoms with Crippen LogP contribution in [0.1, 0.15) is 64.5 Å². The van der Waals surface area contributed by atoms with Gasteiger partial charge in [0.1, 0.15) is 5.15 Å². The van der Waals surface area contributed by atoms with Crippen molar-refractivity contribution in [1.82, 2.24) is 9.55 Å². The maximum absolute atomic E-state index is 12.6. The Balaban J connectivity index is 2.56. The Bertz CT molecular complexity index is 603. The molecule has 3 unspecified atom stereocenters. The first-order valence-electron chi connectivity index (χ1n) is 7.42. The van der Waals surface area contributed by atoms with Gasteiger partial charge in [-0.05, 0) is 30.6 Å². The van der Waals surface area contributed by atoms with Crippen molar-refractivity contribution in [1.29, 1.82) is 0 Å². The van der Waals surface area contributed by atoms with Crippen LogP contribution in [0.25, 0.3) is 0 Å². The standard InChI is InChI=1S/C15H23ClN2O2/c1-5-10-6-7-11(9(10)4)18-14(19)12(8(2)3)13(16)17-15(18)20/h8-11H,5-7H2,1-4H3,(H,17,20). The Hall–Kier alpha value is -1.03. The molecule has 1 aromatic rings. The van der Waals surface area contributed by atoms with E-state index in [2.05, 4.69) is 18.8 Å². The minimum Gasteiger partial charge on any atom is -0.297 e. The van der Waals surface area contributed by atoms with Gasteiger partial charge in [-0.15, -0.1) is 0 Å². The Morgan fingerprint density at radius 1 is 1.35 bits per heavy atom. The molecule has 1 N–H and O–H groups in total. The van der Waals surface area contributed by atoms with E-state index in [-0.39, 0.29) is 28.4 Å². The largest absolute Gasteiger partial charge is 0.329 e. The molecule has 0 bridgehead atoms. The van der Waals surface area contributed by atoms with Crippen LogP contribution < -0.4 is 11.2 Å². The number of rotatable bonds is 3. The summed E-state index contributed by atoms with van der Waals surface area (Å²) >= 11 is 6.03. The normalized spacial score (nSPS) is 26.4. The Morgan fingerprint density at radius 2 is 2.00 bits per heavy atom. The summed E-state index contributed by atoms with van der Waals surface area (Å²) < 4.78 is 1.40. The van der Waals surface area contributed by atoms with Crippen LogP contribution in [-0.2, 0) is 0 Å². The van der Waals surface area contributed by atoms with E-state index in [0.717, 1.165) is 19.3 Å². The molecule has 112 valence electrons. The summed E-state index contributed by atoms with van der Waals surface area (Å²) in [7, 11) is 0. The highest BCUT2D eigenvalue weighted by atomic mass is 35.5. The molecule has 20 heavy (non-hydrogen) atoms. The van der Waals surface area contributed by atoms with Crippen LogP contribution >= 0.6 is 11.6 Å². The minimum absolute atomic E-state index is 0.00298. The van der Waals surface area contributed by atoms with Gasteiger partial charge in [0.15, 0.2) is 0 Å². The van der Waals surface area contributed by atoms with E-state index in [4.69, 9.17) is 11.6 Å². The topological polar surface area (TPSA) is 54.9 Å². The molecule has 1 aliphatic rings. The molecular weight excluding hydrogens is 276 g/mol. The van der Waals surface area contributed by atoms with Gasteiger partial charge >= 0.3 is 5.69 Å². The van der Waals surface area contributed by atoms with E-state index in [1.54, 1.807) is 0 Å². The van der Waals surface area contributed by atoms with Gasteiger partial charge < -0.3 is 0 Å². The van der Waals surface area contributed by atoms with E-state index in [1.807, 2.05) is 13.8 Å². The average molecular weight is 299 g/mol. The van der Waals surface area contributed by atoms with Crippen LogP contribution in [-0.4, -0.2) is 9.55 Å². The molecule has 1 heterocycles. The summed E-state index contributed by atoms with van der Waals surface area (Å²) in [5.41, 5.74) is -0.0845. The van der Waals surface area contributed by atoms with Crippen molar-refractivity contribution in [2.45, 2.75) is 58.9 Å². The second-order valence-corrected chi connectivity index (χ2v) is 6.54. The van der Waals surface area contributed by atoms with Gasteiger partial charge in [0.2, 0.25) is 0 Å². The van der Waals surface area contributed by atoms with E-state index in [9.17, 15) is 9.59 Å². The summed E-state index contributed by atoms with van der Waals surface area (Å²) in [4.78, 5) is 27.5. The predicted molar refractivity (Wildman–Crippen MR) is 81.6 cm³/mol. The lowest BCUT2D eigenvalue weighted by molar-refractivity contribution is 0.316. The number of nitrogens with zero attached hydrogens (tertiary/aromatic N) is 1. The number of hydrogen-bond acceptors (Lipinski definition) is 2. The molecule has 1 saturated carbocycles. The van der Waals surface area contributed by atoms with Gasteiger partial charge in [0, 0.05) is 6.04 Å². The summed E-state index contributed by atoms with van der Waals surface area (Å²) in [6.45, 7) is 8.13. The molecule has 3 atom stereocenters. The van der Waals surface area contributed by atoms with E-state index in [0.29, 0.717) is 17.4 Å². The second-order valence-electron chi connectivity index (χ2n) is 6.16. The molecule has 4 nitrogen and oxygen atoms in total. The Morgan fingerprint density at radius 3 is 2.50 bits per heavy atom. The quantitative estimate of drug-likeness (QED) is 0.870. The fourth-order valence-corrected chi connectivity index (χ4v) is 3.88. The zero-order chi connectivity index (χ0) is 15.0. The average Bonchev–Trinajstić information content (AvgIpc) is 2.69. The van der Waals surface area contributed by atoms with Crippen molar-refractivity contribution >= 4 is 11.6 Å². The highest BCUT2D eigenvalue weighted by Gasteiger charge is 2.35. The van der Waals surface area contributed by atoms with Gasteiger partial charge in [-0.25, -0.2) is 4.79 Å². The molecule has 0 radical (unpaired) electrons. The van der Waals surface area contributed by atoms with Crippen molar-refractivity contribution < 1.29 is 0 Å². The number of hydrogen-bond donors (Lipinski definition) is 1. The molecule has 0 saturated heterocycles. The first-order valence-corrected chi connectivity index (χ1v) is 7.80. The molecule has 2 rings (SSSR count). The monoisotopic (exact) mass is 298 g/mol. The third-order valence-corrected chi connectivity index (χ3v) is 5.04. The third kappa shape index (κ3) is 2.46. The predicted octanol–water partition coefficient (Wildman–Crippen LogP) is 3.31. The van der Waals surface area contributed by atoms with E-state index < -0.39 is 0 Å². The Kier molecular flexibility index (Phi) is 4.43. The lowest BCUT2D eigenvalue weighted by atomic mass is 9.93. The minimum atomic E-state index is -0.377. The highest BCUT2D eigenvalue weighted by molar-refractivity contribution is 6.30. The number of H-pyrrole nitrogens is 1. The first-order chi connectivity index (χ1) is 9.38. The number of halogens is 1. The van der Waals surface area contributed by atoms with Crippen molar-refractivity contribution in [3.05, 3.63) is 31.6 Å². The van der Waals surface area contributed by atoms with Crippen LogP contribution in [0.3, 0.4) is 0 Å². The van der Waals surface area contributed by atoms with Gasteiger partial charge in [-0.1, -0.05) is 45.7 Å². The molecule has 0 amide bonds. The van der Waals surface area contributed by atoms with Crippen molar-refractivity contribution in [3.63, 3.8) is 0 Å². The molecule has 1 aliphatic carbocycles. The van der Waals surface area contributed by atoms with Crippen LogP contribution in [0.5, 0.6) is 0 Å². The zero-order valence-electron chi connectivity index (χ0n) is 12.6. The maximum Gasteiger partial charge on any atom is 0.329 e. The lowest BCUT2D eigenvalue weighted by Gasteiger charge is -2.22. The molecular formula is C15H23ClN2O2. The molecule has 1 fully saturated rings. The lowest BCUT2D eigenvalue weighted by Crippen LogP contribution is -2.41. The van der Waals surface area contributed by atoms with Gasteiger partial charge in [0.25, 0.3) is 5.56 Å². The molecule has 0 aromatic carbocycles. The van der Waals surface area contributed by atoms with Crippen LogP contribution in [0.15, 0.2) is 9.59 Å². The van der Waals surface area contributed by atoms with Crippen molar-refractivity contribution in [2.75, 3.05) is 0 Å². The fourth-order valence-electron chi connectivity index (χ4n) is 3.50. The number of aromatic amines is 1. The van der Waals surface area contributed by atoms with Crippen LogP contribution in [0.4, 0.5) is 0 Å². The van der Waals surface area contributed by atoms with Crippen molar-refractivity contribution in [3.8, 4) is 0 Å². The summed E-state index contributed by atoms with van der Waals surface area (Å²) in [5, 5.41) is 0.184. The highest BCUT2D eigenvalue weighted by Crippen LogP contribution is 2.40. The zero-order valence-corrected chi connectivity index (χ0v) is 13.3. The van der Waals surface area contributed by atoms with Crippen LogP contribution in [0, 0.1) is 11.8 Å². The molecule has 0 spiro atoms. The molecule has 0 aliphatic heterocycles. The summed E-state index contributed by atoms with van der Waals surface area (Å²) in [6.07, 6.45) is 3.06. The second kappa shape index (κ2) is 5.76. The fraction of sp³-hybridized carbons (Fsp3) is 0.733. The number of nitrogens with one attached hydrogen (secondary N) is 1. The van der Waals surface area contributed by atoms with Crippen molar-refractivity contribution in [2.24, 2.45) is 11.8 Å². The third-order valence-electron chi connectivity index (χ3n) is 4.74. The summed E-state index contributed by atoms with van der Waals surface area (Å²) in [6, 6.07) is -0.00836. The molecule has 1 aromatic heterocycles. The maximum atomic E-state index is 12.6. The van der Waals surface area contributed by atoms with Gasteiger partial charge in [-0.2, -0.15) is 0 Å². The van der Waals surface area contributed by atoms with Gasteiger partial charge in [0.05, 0.1) is 5.56 Å².